The molecule has 6 heteroatoms. The Morgan fingerprint density at radius 2 is 1.75 bits per heavy atom. The summed E-state index contributed by atoms with van der Waals surface area (Å²) in [6.45, 7) is 3.43. The minimum absolute atomic E-state index is 0.199. The summed E-state index contributed by atoms with van der Waals surface area (Å²) in [5.74, 6) is -0.937. The van der Waals surface area contributed by atoms with Crippen LogP contribution in [0.25, 0.3) is 10.9 Å². The van der Waals surface area contributed by atoms with E-state index in [0.717, 1.165) is 10.9 Å². The Hall–Kier alpha value is -2.60. The summed E-state index contributed by atoms with van der Waals surface area (Å²) in [5.41, 5.74) is 1.54. The van der Waals surface area contributed by atoms with Gasteiger partial charge in [-0.3, -0.25) is 0 Å². The van der Waals surface area contributed by atoms with E-state index in [1.165, 1.54) is 6.07 Å². The first kappa shape index (κ1) is 16.3. The molecule has 1 N–H and O–H groups in total. The molecule has 0 bridgehead atoms. The molecule has 24 heavy (non-hydrogen) atoms. The Morgan fingerprint density at radius 1 is 1.08 bits per heavy atom. The van der Waals surface area contributed by atoms with Crippen LogP contribution in [0.2, 0.25) is 0 Å². The van der Waals surface area contributed by atoms with Gasteiger partial charge in [0.25, 0.3) is 0 Å². The van der Waals surface area contributed by atoms with E-state index in [2.05, 4.69) is 0 Å². The van der Waals surface area contributed by atoms with Crippen LogP contribution in [0.1, 0.15) is 18.5 Å². The average Bonchev–Trinajstić information content (AvgIpc) is 2.91. The number of carboxylic acids is 1. The second kappa shape index (κ2) is 5.79. The van der Waals surface area contributed by atoms with Gasteiger partial charge in [0.1, 0.15) is 6.04 Å². The Morgan fingerprint density at radius 3 is 2.38 bits per heavy atom. The lowest BCUT2D eigenvalue weighted by molar-refractivity contribution is -0.140. The number of sulfone groups is 1. The normalized spacial score (nSPS) is 13.1. The maximum atomic E-state index is 12.7. The molecule has 124 valence electrons. The van der Waals surface area contributed by atoms with Crippen molar-refractivity contribution >= 4 is 26.7 Å². The fraction of sp³-hybridized carbons (Fsp3) is 0.167. The van der Waals surface area contributed by atoms with E-state index in [1.54, 1.807) is 60.2 Å². The number of hydrogen-bond donors (Lipinski definition) is 1. The zero-order chi connectivity index (χ0) is 17.5. The number of aromatic nitrogens is 1. The van der Waals surface area contributed by atoms with Gasteiger partial charge in [0, 0.05) is 17.1 Å². The molecule has 0 saturated carbocycles. The largest absolute Gasteiger partial charge is 0.480 e. The van der Waals surface area contributed by atoms with Crippen molar-refractivity contribution in [1.29, 1.82) is 0 Å². The summed E-state index contributed by atoms with van der Waals surface area (Å²) in [5, 5.41) is 9.96. The van der Waals surface area contributed by atoms with Crippen LogP contribution in [0.4, 0.5) is 0 Å². The van der Waals surface area contributed by atoms with E-state index < -0.39 is 21.8 Å². The average molecular weight is 343 g/mol. The summed E-state index contributed by atoms with van der Waals surface area (Å²) in [4.78, 5) is 11.7. The van der Waals surface area contributed by atoms with Crippen molar-refractivity contribution in [2.45, 2.75) is 29.7 Å². The van der Waals surface area contributed by atoms with Crippen molar-refractivity contribution in [2.75, 3.05) is 0 Å². The summed E-state index contributed by atoms with van der Waals surface area (Å²) in [6.07, 6.45) is 1.74. The van der Waals surface area contributed by atoms with Crippen molar-refractivity contribution in [2.24, 2.45) is 0 Å². The van der Waals surface area contributed by atoms with E-state index in [9.17, 15) is 18.3 Å². The first-order valence-corrected chi connectivity index (χ1v) is 8.95. The van der Waals surface area contributed by atoms with Crippen LogP contribution in [0.15, 0.2) is 64.5 Å². The second-order valence-corrected chi connectivity index (χ2v) is 7.68. The van der Waals surface area contributed by atoms with Gasteiger partial charge >= 0.3 is 5.97 Å². The van der Waals surface area contributed by atoms with Gasteiger partial charge in [-0.2, -0.15) is 0 Å². The number of fused-ring (bicyclic) bond motifs is 1. The van der Waals surface area contributed by atoms with Crippen LogP contribution in [0.5, 0.6) is 0 Å². The molecule has 0 spiro atoms. The molecule has 5 nitrogen and oxygen atoms in total. The van der Waals surface area contributed by atoms with Crippen LogP contribution in [-0.2, 0) is 14.6 Å². The summed E-state index contributed by atoms with van der Waals surface area (Å²) in [6, 6.07) is 12.3. The predicted molar refractivity (Wildman–Crippen MR) is 90.9 cm³/mol. The molecular weight excluding hydrogens is 326 g/mol. The third-order valence-corrected chi connectivity index (χ3v) is 5.91. The first-order valence-electron chi connectivity index (χ1n) is 7.46. The molecule has 0 saturated heterocycles. The summed E-state index contributed by atoms with van der Waals surface area (Å²) < 4.78 is 27.1. The smallest absolute Gasteiger partial charge is 0.326 e. The van der Waals surface area contributed by atoms with Gasteiger partial charge in [-0.1, -0.05) is 18.2 Å². The lowest BCUT2D eigenvalue weighted by Gasteiger charge is -2.10. The number of carboxylic acid groups (broad SMARTS) is 1. The molecule has 0 aliphatic heterocycles. The number of rotatable bonds is 4. The van der Waals surface area contributed by atoms with Crippen LogP contribution in [-0.4, -0.2) is 24.1 Å². The second-order valence-electron chi connectivity index (χ2n) is 5.73. The molecule has 0 aliphatic carbocycles. The van der Waals surface area contributed by atoms with Crippen molar-refractivity contribution in [3.8, 4) is 0 Å². The fourth-order valence-electron chi connectivity index (χ4n) is 2.75. The number of carbonyl (C=O) groups is 1. The number of aryl methyl sites for hydroxylation is 1. The molecule has 1 heterocycles. The van der Waals surface area contributed by atoms with Crippen LogP contribution in [0.3, 0.4) is 0 Å². The maximum Gasteiger partial charge on any atom is 0.326 e. The van der Waals surface area contributed by atoms with Gasteiger partial charge in [0.2, 0.25) is 9.84 Å². The monoisotopic (exact) mass is 343 g/mol. The van der Waals surface area contributed by atoms with Gasteiger partial charge in [0.05, 0.1) is 9.79 Å². The Bertz CT molecular complexity index is 1020. The number of aliphatic carboxylic acids is 1. The van der Waals surface area contributed by atoms with Gasteiger partial charge in [-0.15, -0.1) is 0 Å². The fourth-order valence-corrected chi connectivity index (χ4v) is 4.05. The van der Waals surface area contributed by atoms with Crippen LogP contribution in [0, 0.1) is 6.92 Å². The van der Waals surface area contributed by atoms with Gasteiger partial charge in [-0.25, -0.2) is 13.2 Å². The maximum absolute atomic E-state index is 12.7. The van der Waals surface area contributed by atoms with Crippen LogP contribution < -0.4 is 0 Å². The Labute approximate surface area is 140 Å². The molecule has 1 atom stereocenters. The predicted octanol–water partition coefficient (Wildman–Crippen LogP) is 3.43. The molecule has 1 unspecified atom stereocenters. The first-order chi connectivity index (χ1) is 11.3. The quantitative estimate of drug-likeness (QED) is 0.787. The van der Waals surface area contributed by atoms with E-state index in [-0.39, 0.29) is 9.79 Å². The Balaban J connectivity index is 2.17. The number of nitrogens with zero attached hydrogens (tertiary/aromatic N) is 1. The van der Waals surface area contributed by atoms with Crippen molar-refractivity contribution < 1.29 is 18.3 Å². The van der Waals surface area contributed by atoms with Gasteiger partial charge in [0.15, 0.2) is 0 Å². The van der Waals surface area contributed by atoms with Crippen LogP contribution >= 0.6 is 0 Å². The van der Waals surface area contributed by atoms with E-state index >= 15 is 0 Å². The van der Waals surface area contributed by atoms with E-state index in [1.807, 2.05) is 6.92 Å². The molecule has 3 aromatic rings. The lowest BCUT2D eigenvalue weighted by Crippen LogP contribution is -2.14. The molecule has 2 aromatic carbocycles. The molecule has 0 radical (unpaired) electrons. The SMILES string of the molecule is Cc1cn(C(C)C(=O)O)c2ccc(S(=O)(=O)c3ccccc3)cc12. The third-order valence-electron chi connectivity index (χ3n) is 4.14. The minimum atomic E-state index is -3.60. The van der Waals surface area contributed by atoms with Crippen molar-refractivity contribution in [3.63, 3.8) is 0 Å². The molecule has 1 aromatic heterocycles. The Kier molecular flexibility index (Phi) is 3.93. The molecular formula is C18H17NO4S. The highest BCUT2D eigenvalue weighted by atomic mass is 32.2. The highest BCUT2D eigenvalue weighted by Crippen LogP contribution is 2.29. The summed E-state index contributed by atoms with van der Waals surface area (Å²) >= 11 is 0. The lowest BCUT2D eigenvalue weighted by atomic mass is 10.2. The topological polar surface area (TPSA) is 76.4 Å². The molecule has 0 amide bonds. The van der Waals surface area contributed by atoms with Crippen molar-refractivity contribution in [3.05, 3.63) is 60.3 Å². The van der Waals surface area contributed by atoms with Gasteiger partial charge in [-0.05, 0) is 49.7 Å². The molecule has 0 aliphatic rings. The van der Waals surface area contributed by atoms with E-state index in [4.69, 9.17) is 0 Å². The standard InChI is InChI=1S/C18H17NO4S/c1-12-11-19(13(2)18(20)21)17-9-8-15(10-16(12)17)24(22,23)14-6-4-3-5-7-14/h3-11,13H,1-2H3,(H,20,21). The highest BCUT2D eigenvalue weighted by molar-refractivity contribution is 7.91. The molecule has 3 rings (SSSR count). The third kappa shape index (κ3) is 2.59. The zero-order valence-electron chi connectivity index (χ0n) is 13.3. The van der Waals surface area contributed by atoms with Gasteiger partial charge < -0.3 is 9.67 Å². The molecule has 0 fully saturated rings. The van der Waals surface area contributed by atoms with Crippen molar-refractivity contribution in [1.82, 2.24) is 4.57 Å². The number of benzene rings is 2. The summed E-state index contributed by atoms with van der Waals surface area (Å²) in [7, 11) is -3.60. The zero-order valence-corrected chi connectivity index (χ0v) is 14.1. The highest BCUT2D eigenvalue weighted by Gasteiger charge is 2.21. The van der Waals surface area contributed by atoms with E-state index in [0.29, 0.717) is 5.52 Å². The number of hydrogen-bond acceptors (Lipinski definition) is 3. The minimum Gasteiger partial charge on any atom is -0.480 e.